The lowest BCUT2D eigenvalue weighted by molar-refractivity contribution is 0.171. The average molecular weight is 324 g/mol. The van der Waals surface area contributed by atoms with Crippen molar-refractivity contribution in [3.8, 4) is 11.5 Å². The van der Waals surface area contributed by atoms with Gasteiger partial charge < -0.3 is 14.8 Å². The summed E-state index contributed by atoms with van der Waals surface area (Å²) in [6.45, 7) is 4.25. The first-order chi connectivity index (χ1) is 10.3. The molecule has 0 bridgehead atoms. The fourth-order valence-corrected chi connectivity index (χ4v) is 3.39. The molecular formula is C16H18ClNO2S. The van der Waals surface area contributed by atoms with Gasteiger partial charge in [0.1, 0.15) is 13.2 Å². The van der Waals surface area contributed by atoms with E-state index in [-0.39, 0.29) is 6.04 Å². The van der Waals surface area contributed by atoms with Gasteiger partial charge in [0.05, 0.1) is 6.04 Å². The van der Waals surface area contributed by atoms with E-state index in [0.717, 1.165) is 30.0 Å². The van der Waals surface area contributed by atoms with Crippen LogP contribution in [0.15, 0.2) is 29.0 Å². The minimum absolute atomic E-state index is 0.0829. The molecule has 5 heteroatoms. The summed E-state index contributed by atoms with van der Waals surface area (Å²) >= 11 is 8.17. The molecule has 0 saturated heterocycles. The van der Waals surface area contributed by atoms with Gasteiger partial charge in [-0.2, -0.15) is 11.3 Å². The van der Waals surface area contributed by atoms with Crippen LogP contribution >= 0.6 is 22.9 Å². The molecule has 21 heavy (non-hydrogen) atoms. The van der Waals surface area contributed by atoms with Crippen LogP contribution in [0.1, 0.15) is 30.5 Å². The molecule has 1 aliphatic rings. The van der Waals surface area contributed by atoms with Gasteiger partial charge in [-0.15, -0.1) is 0 Å². The van der Waals surface area contributed by atoms with Gasteiger partial charge >= 0.3 is 0 Å². The number of thiophene rings is 1. The number of ether oxygens (including phenoxy) is 2. The fraction of sp³-hybridized carbons (Fsp3) is 0.375. The smallest absolute Gasteiger partial charge is 0.162 e. The number of benzene rings is 1. The molecule has 2 aromatic rings. The molecular weight excluding hydrogens is 306 g/mol. The topological polar surface area (TPSA) is 30.5 Å². The molecule has 3 nitrogen and oxygen atoms in total. The van der Waals surface area contributed by atoms with Gasteiger partial charge in [0, 0.05) is 11.1 Å². The summed E-state index contributed by atoms with van der Waals surface area (Å²) in [7, 11) is 0. The van der Waals surface area contributed by atoms with Crippen molar-refractivity contribution in [3.05, 3.63) is 45.1 Å². The zero-order valence-electron chi connectivity index (χ0n) is 11.9. The van der Waals surface area contributed by atoms with Crippen molar-refractivity contribution in [2.75, 3.05) is 19.8 Å². The molecule has 0 saturated carbocycles. The highest BCUT2D eigenvalue weighted by molar-refractivity contribution is 7.08. The van der Waals surface area contributed by atoms with Crippen LogP contribution in [0.3, 0.4) is 0 Å². The van der Waals surface area contributed by atoms with Crippen LogP contribution in [0.5, 0.6) is 11.5 Å². The van der Waals surface area contributed by atoms with Crippen LogP contribution in [0, 0.1) is 0 Å². The molecule has 1 aromatic heterocycles. The number of rotatable bonds is 5. The Balaban J connectivity index is 1.98. The number of hydrogen-bond acceptors (Lipinski definition) is 4. The number of hydrogen-bond donors (Lipinski definition) is 1. The lowest BCUT2D eigenvalue weighted by atomic mass is 10.00. The van der Waals surface area contributed by atoms with Crippen LogP contribution in [0.25, 0.3) is 0 Å². The van der Waals surface area contributed by atoms with E-state index in [1.807, 2.05) is 12.1 Å². The van der Waals surface area contributed by atoms with E-state index < -0.39 is 0 Å². The van der Waals surface area contributed by atoms with Crippen LogP contribution in [0.4, 0.5) is 0 Å². The molecule has 0 radical (unpaired) electrons. The summed E-state index contributed by atoms with van der Waals surface area (Å²) in [5, 5.41) is 8.51. The quantitative estimate of drug-likeness (QED) is 0.891. The van der Waals surface area contributed by atoms with Crippen LogP contribution < -0.4 is 14.8 Å². The van der Waals surface area contributed by atoms with Gasteiger partial charge in [0.15, 0.2) is 11.5 Å². The molecule has 1 unspecified atom stereocenters. The fourth-order valence-electron chi connectivity index (χ4n) is 2.44. The average Bonchev–Trinajstić information content (AvgIpc) is 3.02. The van der Waals surface area contributed by atoms with Gasteiger partial charge in [0.25, 0.3) is 0 Å². The maximum atomic E-state index is 6.48. The van der Waals surface area contributed by atoms with E-state index in [4.69, 9.17) is 21.1 Å². The van der Waals surface area contributed by atoms with Crippen molar-refractivity contribution in [2.45, 2.75) is 19.4 Å². The van der Waals surface area contributed by atoms with Gasteiger partial charge in [-0.25, -0.2) is 0 Å². The minimum atomic E-state index is 0.0829. The standard InChI is InChI=1S/C16H18ClNO2S/c1-2-4-18-16(11-3-7-21-10-11)12-8-14-15(9-13(12)17)20-6-5-19-14/h3,7-10,16,18H,2,4-6H2,1H3. The highest BCUT2D eigenvalue weighted by Gasteiger charge is 2.21. The zero-order valence-corrected chi connectivity index (χ0v) is 13.5. The number of halogens is 1. The Bertz CT molecular complexity index is 601. The summed E-state index contributed by atoms with van der Waals surface area (Å²) in [5.74, 6) is 1.51. The third kappa shape index (κ3) is 3.18. The maximum Gasteiger partial charge on any atom is 0.162 e. The Kier molecular flexibility index (Phi) is 4.68. The van der Waals surface area contributed by atoms with Crippen molar-refractivity contribution in [3.63, 3.8) is 0 Å². The lowest BCUT2D eigenvalue weighted by Gasteiger charge is -2.24. The third-order valence-electron chi connectivity index (χ3n) is 3.45. The van der Waals surface area contributed by atoms with E-state index in [1.165, 1.54) is 5.56 Å². The molecule has 2 heterocycles. The summed E-state index contributed by atoms with van der Waals surface area (Å²) in [6.07, 6.45) is 1.07. The monoisotopic (exact) mass is 323 g/mol. The molecule has 1 atom stereocenters. The number of nitrogens with one attached hydrogen (secondary N) is 1. The SMILES string of the molecule is CCCNC(c1ccsc1)c1cc2c(cc1Cl)OCCO2. The summed E-state index contributed by atoms with van der Waals surface area (Å²) in [5.41, 5.74) is 2.26. The molecule has 112 valence electrons. The first-order valence-corrected chi connectivity index (χ1v) is 8.46. The Morgan fingerprint density at radius 3 is 2.71 bits per heavy atom. The Labute approximate surface area is 133 Å². The first-order valence-electron chi connectivity index (χ1n) is 7.14. The van der Waals surface area contributed by atoms with Crippen molar-refractivity contribution in [2.24, 2.45) is 0 Å². The van der Waals surface area contributed by atoms with Crippen molar-refractivity contribution < 1.29 is 9.47 Å². The van der Waals surface area contributed by atoms with Gasteiger partial charge in [-0.1, -0.05) is 18.5 Å². The van der Waals surface area contributed by atoms with E-state index in [1.54, 1.807) is 11.3 Å². The summed E-state index contributed by atoms with van der Waals surface area (Å²) in [4.78, 5) is 0. The maximum absolute atomic E-state index is 6.48. The first kappa shape index (κ1) is 14.7. The second kappa shape index (κ2) is 6.69. The molecule has 0 amide bonds. The highest BCUT2D eigenvalue weighted by Crippen LogP contribution is 2.39. The van der Waals surface area contributed by atoms with Gasteiger partial charge in [0.2, 0.25) is 0 Å². The molecule has 1 N–H and O–H groups in total. The van der Waals surface area contributed by atoms with E-state index in [2.05, 4.69) is 29.1 Å². The van der Waals surface area contributed by atoms with Crippen LogP contribution in [0.2, 0.25) is 5.02 Å². The molecule has 1 aliphatic heterocycles. The molecule has 0 aliphatic carbocycles. The van der Waals surface area contributed by atoms with Crippen molar-refractivity contribution >= 4 is 22.9 Å². The minimum Gasteiger partial charge on any atom is -0.486 e. The predicted molar refractivity (Wildman–Crippen MR) is 86.9 cm³/mol. The van der Waals surface area contributed by atoms with Crippen molar-refractivity contribution in [1.29, 1.82) is 0 Å². The Morgan fingerprint density at radius 2 is 2.05 bits per heavy atom. The summed E-state index contributed by atoms with van der Waals surface area (Å²) < 4.78 is 11.3. The lowest BCUT2D eigenvalue weighted by Crippen LogP contribution is -2.23. The Hall–Kier alpha value is -1.23. The molecule has 0 spiro atoms. The van der Waals surface area contributed by atoms with Crippen LogP contribution in [-0.4, -0.2) is 19.8 Å². The molecule has 1 aromatic carbocycles. The van der Waals surface area contributed by atoms with Crippen LogP contribution in [-0.2, 0) is 0 Å². The third-order valence-corrected chi connectivity index (χ3v) is 4.48. The zero-order chi connectivity index (χ0) is 14.7. The van der Waals surface area contributed by atoms with Gasteiger partial charge in [-0.3, -0.25) is 0 Å². The largest absolute Gasteiger partial charge is 0.486 e. The number of fused-ring (bicyclic) bond motifs is 1. The molecule has 0 fully saturated rings. The van der Waals surface area contributed by atoms with E-state index in [9.17, 15) is 0 Å². The Morgan fingerprint density at radius 1 is 1.29 bits per heavy atom. The van der Waals surface area contributed by atoms with E-state index >= 15 is 0 Å². The van der Waals surface area contributed by atoms with Crippen molar-refractivity contribution in [1.82, 2.24) is 5.32 Å². The highest BCUT2D eigenvalue weighted by atomic mass is 35.5. The molecule has 3 rings (SSSR count). The van der Waals surface area contributed by atoms with E-state index in [0.29, 0.717) is 18.2 Å². The second-order valence-electron chi connectivity index (χ2n) is 4.96. The normalized spacial score (nSPS) is 15.0. The summed E-state index contributed by atoms with van der Waals surface area (Å²) in [6, 6.07) is 6.07. The van der Waals surface area contributed by atoms with Gasteiger partial charge in [-0.05, 0) is 47.0 Å². The second-order valence-corrected chi connectivity index (χ2v) is 6.15. The predicted octanol–water partition coefficient (Wildman–Crippen LogP) is 4.26.